The van der Waals surface area contributed by atoms with Crippen molar-refractivity contribution >= 4 is 23.3 Å². The molecule has 0 radical (unpaired) electrons. The third-order valence-electron chi connectivity index (χ3n) is 4.41. The van der Waals surface area contributed by atoms with Crippen molar-refractivity contribution in [2.45, 2.75) is 13.5 Å². The largest absolute Gasteiger partial charge is 0.322 e. The normalized spacial score (nSPS) is 15.2. The Balaban J connectivity index is 1.51. The van der Waals surface area contributed by atoms with Crippen LogP contribution in [0.25, 0.3) is 0 Å². The van der Waals surface area contributed by atoms with Gasteiger partial charge in [-0.1, -0.05) is 23.7 Å². The molecule has 0 atom stereocenters. The van der Waals surface area contributed by atoms with Crippen LogP contribution in [0.1, 0.15) is 11.1 Å². The van der Waals surface area contributed by atoms with Crippen LogP contribution in [0, 0.1) is 12.7 Å². The number of carbonyl (C=O) groups excluding carboxylic acids is 1. The summed E-state index contributed by atoms with van der Waals surface area (Å²) >= 11 is 5.94. The average molecular weight is 362 g/mol. The van der Waals surface area contributed by atoms with Gasteiger partial charge in [0.1, 0.15) is 5.82 Å². The van der Waals surface area contributed by atoms with E-state index >= 15 is 0 Å². The Bertz CT molecular complexity index is 743. The number of piperazine rings is 1. The number of carbonyl (C=O) groups is 1. The second-order valence-corrected chi connectivity index (χ2v) is 6.72. The first kappa shape index (κ1) is 17.7. The quantitative estimate of drug-likeness (QED) is 0.891. The Hall–Kier alpha value is -2.11. The average Bonchev–Trinajstić information content (AvgIpc) is 2.60. The first-order valence-electron chi connectivity index (χ1n) is 8.30. The molecule has 0 aliphatic carbocycles. The molecular weight excluding hydrogens is 341 g/mol. The van der Waals surface area contributed by atoms with E-state index in [9.17, 15) is 9.18 Å². The zero-order chi connectivity index (χ0) is 17.8. The third kappa shape index (κ3) is 4.71. The number of urea groups is 1. The fourth-order valence-corrected chi connectivity index (χ4v) is 3.15. The van der Waals surface area contributed by atoms with E-state index in [4.69, 9.17) is 11.6 Å². The molecule has 2 aromatic rings. The molecule has 0 unspecified atom stereocenters. The molecule has 3 rings (SSSR count). The van der Waals surface area contributed by atoms with E-state index in [0.29, 0.717) is 18.1 Å². The SMILES string of the molecule is Cc1cc(Cl)ccc1NC(=O)N1CCN(Cc2ccc(F)cc2)CC1. The predicted octanol–water partition coefficient (Wildman–Crippen LogP) is 4.14. The van der Waals surface area contributed by atoms with Crippen molar-refractivity contribution in [2.75, 3.05) is 31.5 Å². The van der Waals surface area contributed by atoms with Gasteiger partial charge in [-0.3, -0.25) is 4.90 Å². The Morgan fingerprint density at radius 3 is 2.44 bits per heavy atom. The molecule has 1 heterocycles. The van der Waals surface area contributed by atoms with Crippen molar-refractivity contribution in [3.63, 3.8) is 0 Å². The van der Waals surface area contributed by atoms with Gasteiger partial charge in [0.2, 0.25) is 0 Å². The molecule has 6 heteroatoms. The number of anilines is 1. The van der Waals surface area contributed by atoms with E-state index in [0.717, 1.165) is 36.4 Å². The zero-order valence-electron chi connectivity index (χ0n) is 14.1. The number of nitrogens with one attached hydrogen (secondary N) is 1. The van der Waals surface area contributed by atoms with Crippen molar-refractivity contribution in [2.24, 2.45) is 0 Å². The molecule has 2 amide bonds. The number of benzene rings is 2. The summed E-state index contributed by atoms with van der Waals surface area (Å²) in [5.74, 6) is -0.220. The lowest BCUT2D eigenvalue weighted by molar-refractivity contribution is 0.143. The second kappa shape index (κ2) is 7.85. The van der Waals surface area contributed by atoms with Gasteiger partial charge in [0, 0.05) is 43.4 Å². The van der Waals surface area contributed by atoms with Crippen molar-refractivity contribution in [1.29, 1.82) is 0 Å². The van der Waals surface area contributed by atoms with E-state index in [1.54, 1.807) is 18.2 Å². The Kier molecular flexibility index (Phi) is 5.56. The van der Waals surface area contributed by atoms with Gasteiger partial charge in [-0.2, -0.15) is 0 Å². The standard InChI is InChI=1S/C19H21ClFN3O/c1-14-12-16(20)4-7-18(14)22-19(25)24-10-8-23(9-11-24)13-15-2-5-17(21)6-3-15/h2-7,12H,8-11,13H2,1H3,(H,22,25). The molecule has 4 nitrogen and oxygen atoms in total. The summed E-state index contributed by atoms with van der Waals surface area (Å²) in [6.45, 7) is 5.61. The maximum Gasteiger partial charge on any atom is 0.321 e. The Morgan fingerprint density at radius 1 is 1.12 bits per heavy atom. The highest BCUT2D eigenvalue weighted by atomic mass is 35.5. The first-order chi connectivity index (χ1) is 12.0. The van der Waals surface area contributed by atoms with E-state index in [1.165, 1.54) is 12.1 Å². The maximum atomic E-state index is 13.0. The second-order valence-electron chi connectivity index (χ2n) is 6.28. The summed E-state index contributed by atoms with van der Waals surface area (Å²) < 4.78 is 13.0. The lowest BCUT2D eigenvalue weighted by Crippen LogP contribution is -2.49. The summed E-state index contributed by atoms with van der Waals surface area (Å²) in [6, 6.07) is 11.9. The smallest absolute Gasteiger partial charge is 0.321 e. The van der Waals surface area contributed by atoms with Crippen LogP contribution in [0.4, 0.5) is 14.9 Å². The van der Waals surface area contributed by atoms with Crippen LogP contribution < -0.4 is 5.32 Å². The number of halogens is 2. The number of aryl methyl sites for hydroxylation is 1. The van der Waals surface area contributed by atoms with Crippen LogP contribution in [-0.4, -0.2) is 42.0 Å². The van der Waals surface area contributed by atoms with Gasteiger partial charge in [-0.25, -0.2) is 9.18 Å². The monoisotopic (exact) mass is 361 g/mol. The van der Waals surface area contributed by atoms with Crippen LogP contribution >= 0.6 is 11.6 Å². The summed E-state index contributed by atoms with van der Waals surface area (Å²) in [5.41, 5.74) is 2.80. The molecule has 1 N–H and O–H groups in total. The fourth-order valence-electron chi connectivity index (χ4n) is 2.92. The number of nitrogens with zero attached hydrogens (tertiary/aromatic N) is 2. The fraction of sp³-hybridized carbons (Fsp3) is 0.316. The lowest BCUT2D eigenvalue weighted by atomic mass is 10.2. The molecular formula is C19H21ClFN3O. The minimum Gasteiger partial charge on any atom is -0.322 e. The third-order valence-corrected chi connectivity index (χ3v) is 4.64. The minimum atomic E-state index is -0.220. The number of hydrogen-bond donors (Lipinski definition) is 1. The van der Waals surface area contributed by atoms with Crippen molar-refractivity contribution in [1.82, 2.24) is 9.80 Å². The van der Waals surface area contributed by atoms with Gasteiger partial charge in [-0.15, -0.1) is 0 Å². The zero-order valence-corrected chi connectivity index (χ0v) is 14.9. The van der Waals surface area contributed by atoms with Gasteiger partial charge < -0.3 is 10.2 Å². The highest BCUT2D eigenvalue weighted by Crippen LogP contribution is 2.20. The highest BCUT2D eigenvalue weighted by Gasteiger charge is 2.21. The van der Waals surface area contributed by atoms with Gasteiger partial charge in [0.15, 0.2) is 0 Å². The first-order valence-corrected chi connectivity index (χ1v) is 8.68. The van der Waals surface area contributed by atoms with Crippen LogP contribution in [0.5, 0.6) is 0 Å². The lowest BCUT2D eigenvalue weighted by Gasteiger charge is -2.34. The molecule has 2 aromatic carbocycles. The number of amides is 2. The molecule has 0 bridgehead atoms. The molecule has 25 heavy (non-hydrogen) atoms. The molecule has 0 aromatic heterocycles. The van der Waals surface area contributed by atoms with Crippen LogP contribution in [0.3, 0.4) is 0 Å². The Labute approximate surface area is 152 Å². The molecule has 1 fully saturated rings. The van der Waals surface area contributed by atoms with E-state index in [1.807, 2.05) is 24.0 Å². The predicted molar refractivity (Wildman–Crippen MR) is 98.5 cm³/mol. The van der Waals surface area contributed by atoms with E-state index < -0.39 is 0 Å². The minimum absolute atomic E-state index is 0.0909. The van der Waals surface area contributed by atoms with Gasteiger partial charge >= 0.3 is 6.03 Å². The van der Waals surface area contributed by atoms with E-state index in [2.05, 4.69) is 10.2 Å². The molecule has 132 valence electrons. The van der Waals surface area contributed by atoms with Gasteiger partial charge in [-0.05, 0) is 48.4 Å². The number of hydrogen-bond acceptors (Lipinski definition) is 2. The topological polar surface area (TPSA) is 35.6 Å². The van der Waals surface area contributed by atoms with Gasteiger partial charge in [0.05, 0.1) is 0 Å². The molecule has 0 saturated carbocycles. The highest BCUT2D eigenvalue weighted by molar-refractivity contribution is 6.30. The van der Waals surface area contributed by atoms with Crippen LogP contribution in [-0.2, 0) is 6.54 Å². The van der Waals surface area contributed by atoms with E-state index in [-0.39, 0.29) is 11.8 Å². The van der Waals surface area contributed by atoms with Crippen molar-refractivity contribution < 1.29 is 9.18 Å². The maximum absolute atomic E-state index is 13.0. The van der Waals surface area contributed by atoms with Gasteiger partial charge in [0.25, 0.3) is 0 Å². The molecule has 1 aliphatic heterocycles. The number of rotatable bonds is 3. The summed E-state index contributed by atoms with van der Waals surface area (Å²) in [4.78, 5) is 16.5. The summed E-state index contributed by atoms with van der Waals surface area (Å²) in [6.07, 6.45) is 0. The molecule has 1 saturated heterocycles. The van der Waals surface area contributed by atoms with Crippen molar-refractivity contribution in [3.05, 3.63) is 64.4 Å². The van der Waals surface area contributed by atoms with Crippen LogP contribution in [0.2, 0.25) is 5.02 Å². The Morgan fingerprint density at radius 2 is 1.80 bits per heavy atom. The van der Waals surface area contributed by atoms with Crippen LogP contribution in [0.15, 0.2) is 42.5 Å². The molecule has 0 spiro atoms. The molecule has 1 aliphatic rings. The summed E-state index contributed by atoms with van der Waals surface area (Å²) in [7, 11) is 0. The summed E-state index contributed by atoms with van der Waals surface area (Å²) in [5, 5.41) is 3.60. The van der Waals surface area contributed by atoms with Crippen molar-refractivity contribution in [3.8, 4) is 0 Å².